The molecule has 0 aliphatic carbocycles. The van der Waals surface area contributed by atoms with Crippen molar-refractivity contribution >= 4 is 28.9 Å². The van der Waals surface area contributed by atoms with Crippen molar-refractivity contribution in [3.63, 3.8) is 0 Å². The molecule has 1 heterocycles. The summed E-state index contributed by atoms with van der Waals surface area (Å²) >= 11 is 6.25. The average molecular weight is 363 g/mol. The maximum atomic E-state index is 12.1. The summed E-state index contributed by atoms with van der Waals surface area (Å²) in [6.07, 6.45) is 0.819. The number of hydrogen-bond acceptors (Lipinski definition) is 5. The van der Waals surface area contributed by atoms with Crippen molar-refractivity contribution in [2.75, 3.05) is 37.5 Å². The summed E-state index contributed by atoms with van der Waals surface area (Å²) in [5.74, 6) is 1.79. The molecule has 2 N–H and O–H groups in total. The van der Waals surface area contributed by atoms with Crippen LogP contribution in [0.15, 0.2) is 36.4 Å². The van der Waals surface area contributed by atoms with Crippen molar-refractivity contribution in [2.45, 2.75) is 6.42 Å². The third-order valence-electron chi connectivity index (χ3n) is 3.65. The van der Waals surface area contributed by atoms with E-state index in [1.807, 2.05) is 0 Å². The topological polar surface area (TPSA) is 68.8 Å². The van der Waals surface area contributed by atoms with E-state index in [0.29, 0.717) is 41.1 Å². The highest BCUT2D eigenvalue weighted by Gasteiger charge is 2.14. The Morgan fingerprint density at radius 3 is 2.52 bits per heavy atom. The standard InChI is InChI=1S/C18H19ClN2O4/c1-23-13-5-3-12(4-6-13)21-18(22)11-20-15-10-17-16(9-14(15)19)24-7-2-8-25-17/h3-6,9-10,20H,2,7-8,11H2,1H3,(H,21,22). The lowest BCUT2D eigenvalue weighted by Gasteiger charge is -2.13. The van der Waals surface area contributed by atoms with Crippen molar-refractivity contribution in [3.8, 4) is 17.2 Å². The van der Waals surface area contributed by atoms with Crippen LogP contribution in [0.4, 0.5) is 11.4 Å². The van der Waals surface area contributed by atoms with Crippen LogP contribution in [-0.2, 0) is 4.79 Å². The molecule has 0 radical (unpaired) electrons. The van der Waals surface area contributed by atoms with Gasteiger partial charge in [0, 0.05) is 24.2 Å². The molecule has 0 unspecified atom stereocenters. The molecular weight excluding hydrogens is 344 g/mol. The molecule has 0 saturated carbocycles. The third-order valence-corrected chi connectivity index (χ3v) is 3.96. The summed E-state index contributed by atoms with van der Waals surface area (Å²) in [5.41, 5.74) is 1.31. The molecule has 0 spiro atoms. The third kappa shape index (κ3) is 4.48. The van der Waals surface area contributed by atoms with Gasteiger partial charge in [0.25, 0.3) is 0 Å². The van der Waals surface area contributed by atoms with E-state index < -0.39 is 0 Å². The molecule has 0 atom stereocenters. The molecule has 7 heteroatoms. The molecule has 0 aromatic heterocycles. The van der Waals surface area contributed by atoms with Crippen molar-refractivity contribution in [3.05, 3.63) is 41.4 Å². The van der Waals surface area contributed by atoms with Gasteiger partial charge in [-0.2, -0.15) is 0 Å². The summed E-state index contributed by atoms with van der Waals surface area (Å²) in [7, 11) is 1.59. The van der Waals surface area contributed by atoms with E-state index in [-0.39, 0.29) is 12.5 Å². The number of amides is 1. The van der Waals surface area contributed by atoms with Crippen LogP contribution in [0.25, 0.3) is 0 Å². The monoisotopic (exact) mass is 362 g/mol. The summed E-state index contributed by atoms with van der Waals surface area (Å²) < 4.78 is 16.3. The van der Waals surface area contributed by atoms with E-state index in [4.69, 9.17) is 25.8 Å². The first-order chi connectivity index (χ1) is 12.2. The fourth-order valence-corrected chi connectivity index (χ4v) is 2.59. The molecule has 2 aromatic rings. The van der Waals surface area contributed by atoms with Gasteiger partial charge in [-0.05, 0) is 24.3 Å². The second-order valence-corrected chi connectivity index (χ2v) is 5.87. The summed E-state index contributed by atoms with van der Waals surface area (Å²) in [5, 5.41) is 6.29. The minimum Gasteiger partial charge on any atom is -0.497 e. The van der Waals surface area contributed by atoms with Gasteiger partial charge in [-0.25, -0.2) is 0 Å². The normalized spacial score (nSPS) is 12.9. The Morgan fingerprint density at radius 2 is 1.84 bits per heavy atom. The lowest BCUT2D eigenvalue weighted by Crippen LogP contribution is -2.21. The number of halogens is 1. The Balaban J connectivity index is 1.60. The Kier molecular flexibility index (Phi) is 5.50. The van der Waals surface area contributed by atoms with Crippen LogP contribution in [-0.4, -0.2) is 32.8 Å². The van der Waals surface area contributed by atoms with Crippen LogP contribution in [0.5, 0.6) is 17.2 Å². The van der Waals surface area contributed by atoms with Crippen molar-refractivity contribution in [1.82, 2.24) is 0 Å². The first-order valence-corrected chi connectivity index (χ1v) is 8.30. The zero-order valence-corrected chi connectivity index (χ0v) is 14.6. The minimum absolute atomic E-state index is 0.0748. The van der Waals surface area contributed by atoms with Gasteiger partial charge >= 0.3 is 0 Å². The molecular formula is C18H19ClN2O4. The van der Waals surface area contributed by atoms with Crippen LogP contribution >= 0.6 is 11.6 Å². The molecule has 1 aliphatic rings. The van der Waals surface area contributed by atoms with Gasteiger partial charge in [-0.3, -0.25) is 4.79 Å². The number of carbonyl (C=O) groups is 1. The average Bonchev–Trinajstić information content (AvgIpc) is 2.85. The Bertz CT molecular complexity index is 749. The number of ether oxygens (including phenoxy) is 3. The largest absolute Gasteiger partial charge is 0.497 e. The van der Waals surface area contributed by atoms with Crippen LogP contribution in [0, 0.1) is 0 Å². The molecule has 6 nitrogen and oxygen atoms in total. The van der Waals surface area contributed by atoms with Crippen LogP contribution in [0.3, 0.4) is 0 Å². The van der Waals surface area contributed by atoms with Gasteiger partial charge in [0.1, 0.15) is 5.75 Å². The first kappa shape index (κ1) is 17.2. The SMILES string of the molecule is COc1ccc(NC(=O)CNc2cc3c(cc2Cl)OCCCO3)cc1. The van der Waals surface area contributed by atoms with Crippen molar-refractivity contribution < 1.29 is 19.0 Å². The number of hydrogen-bond donors (Lipinski definition) is 2. The molecule has 3 rings (SSSR count). The van der Waals surface area contributed by atoms with Gasteiger partial charge in [-0.15, -0.1) is 0 Å². The molecule has 0 fully saturated rings. The molecule has 2 aromatic carbocycles. The summed E-state index contributed by atoms with van der Waals surface area (Å²) in [6.45, 7) is 1.26. The Hall–Kier alpha value is -2.60. The number of benzene rings is 2. The van der Waals surface area contributed by atoms with Crippen LogP contribution in [0.2, 0.25) is 5.02 Å². The fraction of sp³-hybridized carbons (Fsp3) is 0.278. The van der Waals surface area contributed by atoms with Gasteiger partial charge < -0.3 is 24.8 Å². The molecule has 132 valence electrons. The Morgan fingerprint density at radius 1 is 1.16 bits per heavy atom. The van der Waals surface area contributed by atoms with Gasteiger partial charge in [0.15, 0.2) is 11.5 Å². The number of anilines is 2. The zero-order chi connectivity index (χ0) is 17.6. The van der Waals surface area contributed by atoms with Crippen LogP contribution < -0.4 is 24.8 Å². The molecule has 25 heavy (non-hydrogen) atoms. The minimum atomic E-state index is -0.187. The van der Waals surface area contributed by atoms with E-state index in [2.05, 4.69) is 10.6 Å². The van der Waals surface area contributed by atoms with Crippen LogP contribution in [0.1, 0.15) is 6.42 Å². The lowest BCUT2D eigenvalue weighted by atomic mass is 10.2. The number of carbonyl (C=O) groups excluding carboxylic acids is 1. The van der Waals surface area contributed by atoms with Crippen molar-refractivity contribution in [2.24, 2.45) is 0 Å². The highest BCUT2D eigenvalue weighted by molar-refractivity contribution is 6.33. The Labute approximate surface area is 151 Å². The predicted octanol–water partition coefficient (Wildman–Crippen LogP) is 3.56. The summed E-state index contributed by atoms with van der Waals surface area (Å²) in [6, 6.07) is 10.6. The van der Waals surface area contributed by atoms with Gasteiger partial charge in [0.2, 0.25) is 5.91 Å². The van der Waals surface area contributed by atoms with Gasteiger partial charge in [0.05, 0.1) is 37.6 Å². The molecule has 0 bridgehead atoms. The van der Waals surface area contributed by atoms with Crippen molar-refractivity contribution in [1.29, 1.82) is 0 Å². The highest BCUT2D eigenvalue weighted by atomic mass is 35.5. The molecule has 1 amide bonds. The number of methoxy groups -OCH3 is 1. The second kappa shape index (κ2) is 7.98. The maximum absolute atomic E-state index is 12.1. The second-order valence-electron chi connectivity index (χ2n) is 5.46. The van der Waals surface area contributed by atoms with E-state index in [1.54, 1.807) is 43.5 Å². The zero-order valence-electron chi connectivity index (χ0n) is 13.8. The smallest absolute Gasteiger partial charge is 0.243 e. The predicted molar refractivity (Wildman–Crippen MR) is 97.2 cm³/mol. The van der Waals surface area contributed by atoms with E-state index in [0.717, 1.165) is 12.2 Å². The van der Waals surface area contributed by atoms with E-state index >= 15 is 0 Å². The molecule has 0 saturated heterocycles. The number of fused-ring (bicyclic) bond motifs is 1. The fourth-order valence-electron chi connectivity index (χ4n) is 2.37. The first-order valence-electron chi connectivity index (χ1n) is 7.92. The number of rotatable bonds is 5. The maximum Gasteiger partial charge on any atom is 0.243 e. The quantitative estimate of drug-likeness (QED) is 0.851. The van der Waals surface area contributed by atoms with E-state index in [9.17, 15) is 4.79 Å². The van der Waals surface area contributed by atoms with E-state index in [1.165, 1.54) is 0 Å². The summed E-state index contributed by atoms with van der Waals surface area (Å²) in [4.78, 5) is 12.1. The number of nitrogens with one attached hydrogen (secondary N) is 2. The lowest BCUT2D eigenvalue weighted by molar-refractivity contribution is -0.114. The molecule has 1 aliphatic heterocycles. The van der Waals surface area contributed by atoms with Gasteiger partial charge in [-0.1, -0.05) is 11.6 Å². The highest BCUT2D eigenvalue weighted by Crippen LogP contribution is 2.37.